The third-order valence-electron chi connectivity index (χ3n) is 5.12. The molecule has 4 nitrogen and oxygen atoms in total. The van der Waals surface area contributed by atoms with Crippen molar-refractivity contribution in [3.8, 4) is 11.1 Å². The van der Waals surface area contributed by atoms with Crippen LogP contribution in [-0.4, -0.2) is 30.8 Å². The maximum absolute atomic E-state index is 13.2. The lowest BCUT2D eigenvalue weighted by molar-refractivity contribution is -0.142. The van der Waals surface area contributed by atoms with Crippen LogP contribution in [0.3, 0.4) is 0 Å². The maximum Gasteiger partial charge on any atom is 0.328 e. The number of amides is 1. The fourth-order valence-corrected chi connectivity index (χ4v) is 3.57. The molecule has 2 aromatic carbocycles. The van der Waals surface area contributed by atoms with Gasteiger partial charge in [0.25, 0.3) is 5.91 Å². The smallest absolute Gasteiger partial charge is 0.328 e. The molecule has 0 aliphatic rings. The highest BCUT2D eigenvalue weighted by atomic mass is 32.1. The molecule has 0 saturated heterocycles. The van der Waals surface area contributed by atoms with Gasteiger partial charge in [0.2, 0.25) is 0 Å². The van der Waals surface area contributed by atoms with E-state index >= 15 is 0 Å². The summed E-state index contributed by atoms with van der Waals surface area (Å²) in [7, 11) is 1.31. The predicted molar refractivity (Wildman–Crippen MR) is 140 cm³/mol. The molecule has 0 saturated carbocycles. The Hall–Kier alpha value is -3.31. The number of carbonyl (C=O) groups is 2. The van der Waals surface area contributed by atoms with E-state index in [1.807, 2.05) is 80.6 Å². The zero-order valence-corrected chi connectivity index (χ0v) is 20.3. The first-order valence-electron chi connectivity index (χ1n) is 10.8. The van der Waals surface area contributed by atoms with Gasteiger partial charge in [-0.3, -0.25) is 4.79 Å². The molecular weight excluding hydrogens is 430 g/mol. The number of hydrogen-bond acceptors (Lipinski definition) is 4. The first-order valence-corrected chi connectivity index (χ1v) is 11.4. The molecule has 0 fully saturated rings. The summed E-state index contributed by atoms with van der Waals surface area (Å²) in [5.74, 6) is -0.374. The lowest BCUT2D eigenvalue weighted by Gasteiger charge is -2.18. The van der Waals surface area contributed by atoms with Gasteiger partial charge in [0.15, 0.2) is 0 Å². The van der Waals surface area contributed by atoms with Crippen LogP contribution in [0.1, 0.15) is 34.8 Å². The van der Waals surface area contributed by atoms with Gasteiger partial charge in [-0.25, -0.2) is 4.79 Å². The average Bonchev–Trinajstić information content (AvgIpc) is 2.83. The zero-order valence-electron chi connectivity index (χ0n) is 19.4. The SMILES string of the molecule is C=CC(/C=C/c1ccc(C(=O)NC(CCS)C(=O)OC)c(-c2ccccc2C)c1)=C\C=C/C. The van der Waals surface area contributed by atoms with Gasteiger partial charge >= 0.3 is 5.97 Å². The number of rotatable bonds is 10. The van der Waals surface area contributed by atoms with E-state index in [1.54, 1.807) is 12.1 Å². The Bertz CT molecular complexity index is 1080. The van der Waals surface area contributed by atoms with Crippen molar-refractivity contribution < 1.29 is 14.3 Å². The minimum Gasteiger partial charge on any atom is -0.467 e. The topological polar surface area (TPSA) is 55.4 Å². The van der Waals surface area contributed by atoms with Crippen LogP contribution in [0.25, 0.3) is 17.2 Å². The molecule has 0 radical (unpaired) electrons. The Morgan fingerprint density at radius 3 is 2.58 bits per heavy atom. The van der Waals surface area contributed by atoms with Crippen molar-refractivity contribution in [2.45, 2.75) is 26.3 Å². The van der Waals surface area contributed by atoms with Crippen LogP contribution in [0.2, 0.25) is 0 Å². The summed E-state index contributed by atoms with van der Waals surface area (Å²) in [5.41, 5.74) is 5.20. The highest BCUT2D eigenvalue weighted by Crippen LogP contribution is 2.29. The number of aryl methyl sites for hydroxylation is 1. The Kier molecular flexibility index (Phi) is 10.4. The van der Waals surface area contributed by atoms with Gasteiger partial charge in [-0.15, -0.1) is 0 Å². The summed E-state index contributed by atoms with van der Waals surface area (Å²) in [4.78, 5) is 25.3. The highest BCUT2D eigenvalue weighted by molar-refractivity contribution is 7.80. The van der Waals surface area contributed by atoms with Crippen molar-refractivity contribution in [3.05, 3.63) is 102 Å². The van der Waals surface area contributed by atoms with Crippen molar-refractivity contribution in [2.24, 2.45) is 0 Å². The molecule has 33 heavy (non-hydrogen) atoms. The van der Waals surface area contributed by atoms with E-state index in [4.69, 9.17) is 4.74 Å². The van der Waals surface area contributed by atoms with E-state index in [2.05, 4.69) is 24.5 Å². The third kappa shape index (κ3) is 7.36. The standard InChI is InChI=1S/C28H31NO3S/c1-5-7-11-21(6-2)13-14-22-15-16-24(25(19-22)23-12-9-8-10-20(23)3)27(30)29-26(17-18-33)28(31)32-4/h5-16,19,26,33H,2,17-18H2,1,3-4H3,(H,29,30)/b7-5-,14-13+,21-11+. The first-order chi connectivity index (χ1) is 15.9. The lowest BCUT2D eigenvalue weighted by atomic mass is 9.93. The number of carbonyl (C=O) groups excluding carboxylic acids is 2. The number of thiol groups is 1. The van der Waals surface area contributed by atoms with Gasteiger partial charge in [0, 0.05) is 5.56 Å². The number of esters is 1. The Balaban J connectivity index is 2.50. The number of nitrogens with one attached hydrogen (secondary N) is 1. The summed E-state index contributed by atoms with van der Waals surface area (Å²) in [6.07, 6.45) is 12.0. The van der Waals surface area contributed by atoms with E-state index in [-0.39, 0.29) is 5.91 Å². The quantitative estimate of drug-likeness (QED) is 0.261. The molecule has 0 aliphatic heterocycles. The molecule has 0 aliphatic carbocycles. The van der Waals surface area contributed by atoms with Crippen molar-refractivity contribution in [2.75, 3.05) is 12.9 Å². The Morgan fingerprint density at radius 1 is 1.18 bits per heavy atom. The van der Waals surface area contributed by atoms with Crippen molar-refractivity contribution >= 4 is 30.6 Å². The van der Waals surface area contributed by atoms with Crippen LogP contribution in [0.5, 0.6) is 0 Å². The number of allylic oxidation sites excluding steroid dienone is 6. The molecule has 1 amide bonds. The second-order valence-electron chi connectivity index (χ2n) is 7.41. The fraction of sp³-hybridized carbons (Fsp3) is 0.214. The molecule has 1 N–H and O–H groups in total. The number of ether oxygens (including phenoxy) is 1. The normalized spacial score (nSPS) is 12.7. The summed E-state index contributed by atoms with van der Waals surface area (Å²) in [6, 6.07) is 12.8. The largest absolute Gasteiger partial charge is 0.467 e. The summed E-state index contributed by atoms with van der Waals surface area (Å²) in [6.45, 7) is 7.82. The van der Waals surface area contributed by atoms with Crippen LogP contribution in [0, 0.1) is 6.92 Å². The minimum atomic E-state index is -0.754. The monoisotopic (exact) mass is 461 g/mol. The molecule has 2 aromatic rings. The summed E-state index contributed by atoms with van der Waals surface area (Å²) in [5, 5.41) is 2.81. The number of hydrogen-bond donors (Lipinski definition) is 2. The second kappa shape index (κ2) is 13.3. The predicted octanol–water partition coefficient (Wildman–Crippen LogP) is 5.96. The molecule has 5 heteroatoms. The second-order valence-corrected chi connectivity index (χ2v) is 7.86. The lowest BCUT2D eigenvalue weighted by Crippen LogP contribution is -2.42. The van der Waals surface area contributed by atoms with Crippen molar-refractivity contribution in [1.82, 2.24) is 5.32 Å². The fourth-order valence-electron chi connectivity index (χ4n) is 3.31. The van der Waals surface area contributed by atoms with Crippen LogP contribution in [0.4, 0.5) is 0 Å². The molecule has 0 spiro atoms. The van der Waals surface area contributed by atoms with Crippen LogP contribution in [-0.2, 0) is 9.53 Å². The van der Waals surface area contributed by atoms with Crippen LogP contribution in [0.15, 0.2) is 85.0 Å². The van der Waals surface area contributed by atoms with E-state index < -0.39 is 12.0 Å². The first kappa shape index (κ1) is 25.9. The average molecular weight is 462 g/mol. The van der Waals surface area contributed by atoms with Gasteiger partial charge in [-0.2, -0.15) is 12.6 Å². The maximum atomic E-state index is 13.2. The van der Waals surface area contributed by atoms with E-state index in [9.17, 15) is 9.59 Å². The summed E-state index contributed by atoms with van der Waals surface area (Å²) >= 11 is 4.19. The zero-order chi connectivity index (χ0) is 24.2. The Morgan fingerprint density at radius 2 is 1.94 bits per heavy atom. The molecule has 2 rings (SSSR count). The van der Waals surface area contributed by atoms with Gasteiger partial charge in [0.1, 0.15) is 6.04 Å². The van der Waals surface area contributed by atoms with Crippen LogP contribution >= 0.6 is 12.6 Å². The summed E-state index contributed by atoms with van der Waals surface area (Å²) < 4.78 is 4.83. The molecule has 172 valence electrons. The van der Waals surface area contributed by atoms with Crippen molar-refractivity contribution in [3.63, 3.8) is 0 Å². The Labute approximate surface area is 202 Å². The van der Waals surface area contributed by atoms with E-state index in [1.165, 1.54) is 7.11 Å². The van der Waals surface area contributed by atoms with Gasteiger partial charge in [-0.1, -0.05) is 73.4 Å². The number of methoxy groups -OCH3 is 1. The van der Waals surface area contributed by atoms with Crippen molar-refractivity contribution in [1.29, 1.82) is 0 Å². The van der Waals surface area contributed by atoms with Crippen LogP contribution < -0.4 is 5.32 Å². The number of benzene rings is 2. The molecule has 1 unspecified atom stereocenters. The van der Waals surface area contributed by atoms with Gasteiger partial charge in [0.05, 0.1) is 7.11 Å². The minimum absolute atomic E-state index is 0.333. The molecule has 1 atom stereocenters. The van der Waals surface area contributed by atoms with Gasteiger partial charge in [-0.05, 0) is 66.0 Å². The molecule has 0 aromatic heterocycles. The van der Waals surface area contributed by atoms with E-state index in [0.717, 1.165) is 27.8 Å². The highest BCUT2D eigenvalue weighted by Gasteiger charge is 2.23. The molecule has 0 heterocycles. The van der Waals surface area contributed by atoms with Gasteiger partial charge < -0.3 is 10.1 Å². The third-order valence-corrected chi connectivity index (χ3v) is 5.38. The molecule has 0 bridgehead atoms. The molecular formula is C28H31NO3S. The van der Waals surface area contributed by atoms with E-state index in [0.29, 0.717) is 17.7 Å².